The first-order chi connectivity index (χ1) is 8.56. The number of aromatic nitrogens is 2. The molecule has 2 aromatic rings. The normalized spacial score (nSPS) is 12.3. The van der Waals surface area contributed by atoms with Gasteiger partial charge in [0.05, 0.1) is 0 Å². The highest BCUT2D eigenvalue weighted by Crippen LogP contribution is 2.33. The van der Waals surface area contributed by atoms with E-state index in [4.69, 9.17) is 5.73 Å². The Bertz CT molecular complexity index is 614. The molecule has 6 heteroatoms. The first-order valence-corrected chi connectivity index (χ1v) is 6.22. The lowest BCUT2D eigenvalue weighted by molar-refractivity contribution is 0.611. The number of hydrogen-bond acceptors (Lipinski definition) is 4. The molecule has 1 aromatic carbocycles. The lowest BCUT2D eigenvalue weighted by Gasteiger charge is -2.11. The number of nitrogens with one attached hydrogen (secondary N) is 1. The number of nitrogens with zero attached hydrogens (tertiary/aromatic N) is 1. The standard InChI is InChI=1S/C12H12FN3OS/c1-7(8-4-2-3-5-9(8)13)18-12-15-10(14)6-11(17)16-12/h2-7H,1H3,(H3,14,15,16,17)/t7-/m0/s1. The summed E-state index contributed by atoms with van der Waals surface area (Å²) >= 11 is 1.25. The highest BCUT2D eigenvalue weighted by molar-refractivity contribution is 7.99. The molecule has 18 heavy (non-hydrogen) atoms. The fourth-order valence-electron chi connectivity index (χ4n) is 1.54. The summed E-state index contributed by atoms with van der Waals surface area (Å²) in [4.78, 5) is 17.8. The molecule has 0 saturated carbocycles. The van der Waals surface area contributed by atoms with Crippen molar-refractivity contribution in [2.24, 2.45) is 0 Å². The maximum atomic E-state index is 13.6. The summed E-state index contributed by atoms with van der Waals surface area (Å²) in [5, 5.41) is 0.215. The van der Waals surface area contributed by atoms with Crippen molar-refractivity contribution in [3.8, 4) is 0 Å². The van der Waals surface area contributed by atoms with Crippen LogP contribution in [-0.2, 0) is 0 Å². The number of benzene rings is 1. The average molecular weight is 265 g/mol. The van der Waals surface area contributed by atoms with Crippen LogP contribution in [0.2, 0.25) is 0 Å². The van der Waals surface area contributed by atoms with Gasteiger partial charge in [0, 0.05) is 16.9 Å². The van der Waals surface area contributed by atoms with E-state index in [-0.39, 0.29) is 22.4 Å². The smallest absolute Gasteiger partial charge is 0.253 e. The minimum atomic E-state index is -0.314. The molecule has 0 amide bonds. The Balaban J connectivity index is 2.24. The van der Waals surface area contributed by atoms with Crippen molar-refractivity contribution >= 4 is 17.6 Å². The van der Waals surface area contributed by atoms with Crippen molar-refractivity contribution in [2.45, 2.75) is 17.3 Å². The van der Waals surface area contributed by atoms with Crippen LogP contribution in [0.15, 0.2) is 40.3 Å². The van der Waals surface area contributed by atoms with Gasteiger partial charge in [-0.2, -0.15) is 0 Å². The largest absolute Gasteiger partial charge is 0.383 e. The van der Waals surface area contributed by atoms with Crippen molar-refractivity contribution in [1.82, 2.24) is 9.97 Å². The molecular weight excluding hydrogens is 253 g/mol. The van der Waals surface area contributed by atoms with Gasteiger partial charge in [0.15, 0.2) is 5.16 Å². The molecule has 0 fully saturated rings. The quantitative estimate of drug-likeness (QED) is 0.660. The van der Waals surface area contributed by atoms with E-state index >= 15 is 0 Å². The Kier molecular flexibility index (Phi) is 3.66. The molecule has 94 valence electrons. The molecule has 0 aliphatic heterocycles. The third-order valence-electron chi connectivity index (χ3n) is 2.37. The average Bonchev–Trinajstić information content (AvgIpc) is 2.27. The Morgan fingerprint density at radius 2 is 2.17 bits per heavy atom. The molecule has 0 bridgehead atoms. The Morgan fingerprint density at radius 3 is 2.83 bits per heavy atom. The van der Waals surface area contributed by atoms with Gasteiger partial charge < -0.3 is 10.7 Å². The predicted molar refractivity (Wildman–Crippen MR) is 69.9 cm³/mol. The van der Waals surface area contributed by atoms with Crippen LogP contribution in [-0.4, -0.2) is 9.97 Å². The molecule has 1 heterocycles. The summed E-state index contributed by atoms with van der Waals surface area (Å²) in [6, 6.07) is 7.72. The van der Waals surface area contributed by atoms with Gasteiger partial charge in [0.1, 0.15) is 11.6 Å². The van der Waals surface area contributed by atoms with Gasteiger partial charge >= 0.3 is 0 Å². The van der Waals surface area contributed by atoms with Crippen LogP contribution in [0.4, 0.5) is 10.2 Å². The Hall–Kier alpha value is -1.82. The van der Waals surface area contributed by atoms with E-state index in [0.717, 1.165) is 0 Å². The molecule has 4 nitrogen and oxygen atoms in total. The number of rotatable bonds is 3. The number of nitrogen functional groups attached to an aromatic ring is 1. The molecule has 1 atom stereocenters. The second-order valence-corrected chi connectivity index (χ2v) is 5.09. The third-order valence-corrected chi connectivity index (χ3v) is 3.40. The monoisotopic (exact) mass is 265 g/mol. The number of hydrogen-bond donors (Lipinski definition) is 2. The Morgan fingerprint density at radius 1 is 1.44 bits per heavy atom. The SMILES string of the molecule is C[C@H](Sc1nc(N)cc(=O)[nH]1)c1ccccc1F. The first-order valence-electron chi connectivity index (χ1n) is 5.34. The van der Waals surface area contributed by atoms with Gasteiger partial charge in [-0.05, 0) is 13.0 Å². The molecule has 2 rings (SSSR count). The molecule has 0 aliphatic rings. The summed E-state index contributed by atoms with van der Waals surface area (Å²) in [6.07, 6.45) is 0. The number of nitrogens with two attached hydrogens (primary N) is 1. The number of halogens is 1. The first kappa shape index (κ1) is 12.6. The van der Waals surface area contributed by atoms with Crippen molar-refractivity contribution in [3.63, 3.8) is 0 Å². The van der Waals surface area contributed by atoms with E-state index in [9.17, 15) is 9.18 Å². The third kappa shape index (κ3) is 2.89. The zero-order valence-electron chi connectivity index (χ0n) is 9.68. The lowest BCUT2D eigenvalue weighted by Crippen LogP contribution is -2.10. The lowest BCUT2D eigenvalue weighted by atomic mass is 10.1. The molecule has 3 N–H and O–H groups in total. The van der Waals surface area contributed by atoms with Crippen molar-refractivity contribution < 1.29 is 4.39 Å². The minimum Gasteiger partial charge on any atom is -0.383 e. The molecular formula is C12H12FN3OS. The van der Waals surface area contributed by atoms with E-state index < -0.39 is 0 Å². The van der Waals surface area contributed by atoms with Gasteiger partial charge in [0.25, 0.3) is 5.56 Å². The minimum absolute atomic E-state index is 0.155. The zero-order valence-corrected chi connectivity index (χ0v) is 10.5. The van der Waals surface area contributed by atoms with E-state index in [0.29, 0.717) is 10.7 Å². The van der Waals surface area contributed by atoms with Crippen LogP contribution < -0.4 is 11.3 Å². The van der Waals surface area contributed by atoms with E-state index in [1.54, 1.807) is 18.2 Å². The van der Waals surface area contributed by atoms with Crippen molar-refractivity contribution in [3.05, 3.63) is 52.1 Å². The van der Waals surface area contributed by atoms with E-state index in [1.807, 2.05) is 6.92 Å². The summed E-state index contributed by atoms with van der Waals surface area (Å²) in [6.45, 7) is 1.84. The highest BCUT2D eigenvalue weighted by Gasteiger charge is 2.13. The highest BCUT2D eigenvalue weighted by atomic mass is 32.2. The molecule has 0 radical (unpaired) electrons. The number of anilines is 1. The summed E-state index contributed by atoms with van der Waals surface area (Å²) < 4.78 is 13.6. The number of H-pyrrole nitrogens is 1. The van der Waals surface area contributed by atoms with Gasteiger partial charge in [-0.15, -0.1) is 0 Å². The van der Waals surface area contributed by atoms with E-state index in [2.05, 4.69) is 9.97 Å². The van der Waals surface area contributed by atoms with Crippen LogP contribution in [0, 0.1) is 5.82 Å². The molecule has 0 spiro atoms. The van der Waals surface area contributed by atoms with Gasteiger partial charge in [0.2, 0.25) is 0 Å². The van der Waals surface area contributed by atoms with Crippen LogP contribution in [0.5, 0.6) is 0 Å². The fourth-order valence-corrected chi connectivity index (χ4v) is 2.52. The molecule has 0 aliphatic carbocycles. The van der Waals surface area contributed by atoms with E-state index in [1.165, 1.54) is 23.9 Å². The van der Waals surface area contributed by atoms with Gasteiger partial charge in [-0.3, -0.25) is 4.79 Å². The maximum absolute atomic E-state index is 13.6. The zero-order chi connectivity index (χ0) is 13.1. The van der Waals surface area contributed by atoms with Crippen molar-refractivity contribution in [1.29, 1.82) is 0 Å². The van der Waals surface area contributed by atoms with Crippen molar-refractivity contribution in [2.75, 3.05) is 5.73 Å². The number of aromatic amines is 1. The molecule has 0 saturated heterocycles. The molecule has 1 aromatic heterocycles. The fraction of sp³-hybridized carbons (Fsp3) is 0.167. The topological polar surface area (TPSA) is 71.8 Å². The summed E-state index contributed by atoms with van der Waals surface area (Å²) in [7, 11) is 0. The second-order valence-electron chi connectivity index (χ2n) is 3.76. The summed E-state index contributed by atoms with van der Waals surface area (Å²) in [5.41, 5.74) is 5.73. The predicted octanol–water partition coefficient (Wildman–Crippen LogP) is 2.34. The number of thioether (sulfide) groups is 1. The van der Waals surface area contributed by atoms with Crippen LogP contribution in [0.1, 0.15) is 17.7 Å². The van der Waals surface area contributed by atoms with Crippen LogP contribution >= 0.6 is 11.8 Å². The second kappa shape index (κ2) is 5.22. The van der Waals surface area contributed by atoms with Crippen LogP contribution in [0.25, 0.3) is 0 Å². The Labute approximate surface area is 107 Å². The van der Waals surface area contributed by atoms with Gasteiger partial charge in [-0.1, -0.05) is 30.0 Å². The summed E-state index contributed by atoms with van der Waals surface area (Å²) in [5.74, 6) is -0.120. The van der Waals surface area contributed by atoms with Crippen LogP contribution in [0.3, 0.4) is 0 Å². The molecule has 0 unspecified atom stereocenters. The maximum Gasteiger partial charge on any atom is 0.253 e. The van der Waals surface area contributed by atoms with Gasteiger partial charge in [-0.25, -0.2) is 9.37 Å².